The summed E-state index contributed by atoms with van der Waals surface area (Å²) in [6.07, 6.45) is 1.72. The second-order valence-electron chi connectivity index (χ2n) is 3.52. The van der Waals surface area contributed by atoms with Crippen LogP contribution in [0.4, 0.5) is 5.69 Å². The molecule has 0 radical (unpaired) electrons. The van der Waals surface area contributed by atoms with Crippen molar-refractivity contribution in [2.45, 2.75) is 17.6 Å². The van der Waals surface area contributed by atoms with Crippen molar-refractivity contribution in [3.8, 4) is 0 Å². The van der Waals surface area contributed by atoms with Crippen molar-refractivity contribution < 1.29 is 4.42 Å². The minimum absolute atomic E-state index is 0.786. The number of hydrogen-bond donors (Lipinski definition) is 1. The molecule has 2 N–H and O–H groups in total. The highest BCUT2D eigenvalue weighted by atomic mass is 79.9. The Morgan fingerprint density at radius 3 is 2.81 bits per heavy atom. The Morgan fingerprint density at radius 1 is 1.38 bits per heavy atom. The van der Waals surface area contributed by atoms with E-state index >= 15 is 0 Å². The molecule has 0 aliphatic heterocycles. The zero-order valence-corrected chi connectivity index (χ0v) is 11.3. The van der Waals surface area contributed by atoms with E-state index in [0.717, 1.165) is 21.7 Å². The molecule has 0 unspecified atom stereocenters. The standard InChI is InChI=1S/C12H12BrNOS/c1-8-12(2-3-15-8)16-7-9-4-10(13)6-11(14)5-9/h2-6H,7,14H2,1H3. The van der Waals surface area contributed by atoms with Gasteiger partial charge in [-0.25, -0.2) is 0 Å². The van der Waals surface area contributed by atoms with Gasteiger partial charge in [0.05, 0.1) is 6.26 Å². The predicted molar refractivity (Wildman–Crippen MR) is 71.6 cm³/mol. The summed E-state index contributed by atoms with van der Waals surface area (Å²) >= 11 is 5.19. The van der Waals surface area contributed by atoms with E-state index < -0.39 is 0 Å². The predicted octanol–water partition coefficient (Wildman–Crippen LogP) is 4.23. The van der Waals surface area contributed by atoms with Gasteiger partial charge in [0, 0.05) is 20.8 Å². The molecule has 16 heavy (non-hydrogen) atoms. The van der Waals surface area contributed by atoms with E-state index in [0.29, 0.717) is 0 Å². The average molecular weight is 298 g/mol. The fraction of sp³-hybridized carbons (Fsp3) is 0.167. The number of anilines is 1. The smallest absolute Gasteiger partial charge is 0.114 e. The van der Waals surface area contributed by atoms with Crippen LogP contribution >= 0.6 is 27.7 Å². The van der Waals surface area contributed by atoms with E-state index in [-0.39, 0.29) is 0 Å². The molecule has 1 aromatic carbocycles. The first-order valence-electron chi connectivity index (χ1n) is 4.87. The van der Waals surface area contributed by atoms with E-state index in [2.05, 4.69) is 22.0 Å². The zero-order valence-electron chi connectivity index (χ0n) is 8.87. The lowest BCUT2D eigenvalue weighted by molar-refractivity contribution is 0.527. The number of thioether (sulfide) groups is 1. The number of halogens is 1. The summed E-state index contributed by atoms with van der Waals surface area (Å²) in [5.74, 6) is 1.86. The summed E-state index contributed by atoms with van der Waals surface area (Å²) in [6.45, 7) is 1.97. The molecule has 0 fully saturated rings. The van der Waals surface area contributed by atoms with Crippen LogP contribution in [0.5, 0.6) is 0 Å². The lowest BCUT2D eigenvalue weighted by Gasteiger charge is -2.03. The van der Waals surface area contributed by atoms with Crippen molar-refractivity contribution in [1.82, 2.24) is 0 Å². The number of benzene rings is 1. The SMILES string of the molecule is Cc1occc1SCc1cc(N)cc(Br)c1. The molecule has 4 heteroatoms. The van der Waals surface area contributed by atoms with E-state index in [9.17, 15) is 0 Å². The normalized spacial score (nSPS) is 10.6. The van der Waals surface area contributed by atoms with E-state index in [1.807, 2.05) is 25.1 Å². The number of rotatable bonds is 3. The first-order valence-corrected chi connectivity index (χ1v) is 6.65. The first-order chi connectivity index (χ1) is 7.65. The van der Waals surface area contributed by atoms with Gasteiger partial charge in [-0.2, -0.15) is 0 Å². The third kappa shape index (κ3) is 2.83. The van der Waals surface area contributed by atoms with Crippen LogP contribution in [-0.4, -0.2) is 0 Å². The van der Waals surface area contributed by atoms with E-state index in [1.165, 1.54) is 10.5 Å². The summed E-state index contributed by atoms with van der Waals surface area (Å²) in [6, 6.07) is 7.96. The van der Waals surface area contributed by atoms with Crippen LogP contribution in [0.15, 0.2) is 44.3 Å². The second-order valence-corrected chi connectivity index (χ2v) is 5.46. The third-order valence-corrected chi connectivity index (χ3v) is 3.86. The van der Waals surface area contributed by atoms with Gasteiger partial charge < -0.3 is 10.2 Å². The molecular formula is C12H12BrNOS. The van der Waals surface area contributed by atoms with Crippen molar-refractivity contribution in [1.29, 1.82) is 0 Å². The van der Waals surface area contributed by atoms with Gasteiger partial charge in [0.15, 0.2) is 0 Å². The van der Waals surface area contributed by atoms with Crippen molar-refractivity contribution in [3.05, 3.63) is 46.3 Å². The van der Waals surface area contributed by atoms with Crippen LogP contribution in [0.25, 0.3) is 0 Å². The summed E-state index contributed by atoms with van der Waals surface area (Å²) in [5.41, 5.74) is 7.77. The molecule has 0 saturated heterocycles. The van der Waals surface area contributed by atoms with Crippen molar-refractivity contribution in [2.24, 2.45) is 0 Å². The maximum atomic E-state index is 5.78. The number of aryl methyl sites for hydroxylation is 1. The molecule has 0 bridgehead atoms. The van der Waals surface area contributed by atoms with Crippen molar-refractivity contribution in [3.63, 3.8) is 0 Å². The third-order valence-electron chi connectivity index (χ3n) is 2.19. The van der Waals surface area contributed by atoms with Gasteiger partial charge in [0.2, 0.25) is 0 Å². The van der Waals surface area contributed by atoms with Gasteiger partial charge in [-0.05, 0) is 36.8 Å². The van der Waals surface area contributed by atoms with Crippen LogP contribution in [-0.2, 0) is 5.75 Å². The van der Waals surface area contributed by atoms with Gasteiger partial charge in [0.25, 0.3) is 0 Å². The lowest BCUT2D eigenvalue weighted by Crippen LogP contribution is -1.88. The molecule has 0 saturated carbocycles. The molecule has 2 rings (SSSR count). The molecule has 0 amide bonds. The zero-order chi connectivity index (χ0) is 11.5. The highest BCUT2D eigenvalue weighted by molar-refractivity contribution is 9.10. The Kier molecular flexibility index (Phi) is 3.61. The van der Waals surface area contributed by atoms with Crippen LogP contribution in [0.1, 0.15) is 11.3 Å². The molecule has 84 valence electrons. The quantitative estimate of drug-likeness (QED) is 0.681. The second kappa shape index (κ2) is 4.97. The Labute approximate surface area is 107 Å². The van der Waals surface area contributed by atoms with Crippen molar-refractivity contribution in [2.75, 3.05) is 5.73 Å². The maximum Gasteiger partial charge on any atom is 0.114 e. The topological polar surface area (TPSA) is 39.2 Å². The van der Waals surface area contributed by atoms with E-state index in [4.69, 9.17) is 10.2 Å². The van der Waals surface area contributed by atoms with Crippen molar-refractivity contribution >= 4 is 33.4 Å². The summed E-state index contributed by atoms with van der Waals surface area (Å²) < 4.78 is 6.27. The lowest BCUT2D eigenvalue weighted by atomic mass is 10.2. The monoisotopic (exact) mass is 297 g/mol. The molecular weight excluding hydrogens is 286 g/mol. The highest BCUT2D eigenvalue weighted by Gasteiger charge is 2.03. The van der Waals surface area contributed by atoms with Gasteiger partial charge in [-0.15, -0.1) is 11.8 Å². The Morgan fingerprint density at radius 2 is 2.19 bits per heavy atom. The molecule has 2 nitrogen and oxygen atoms in total. The molecule has 2 aromatic rings. The van der Waals surface area contributed by atoms with Gasteiger partial charge in [-0.1, -0.05) is 15.9 Å². The Balaban J connectivity index is 2.07. The van der Waals surface area contributed by atoms with Gasteiger partial charge in [0.1, 0.15) is 5.76 Å². The Bertz CT molecular complexity index is 475. The highest BCUT2D eigenvalue weighted by Crippen LogP contribution is 2.28. The number of furan rings is 1. The van der Waals surface area contributed by atoms with Gasteiger partial charge >= 0.3 is 0 Å². The maximum absolute atomic E-state index is 5.78. The summed E-state index contributed by atoms with van der Waals surface area (Å²) in [5, 5.41) is 0. The minimum atomic E-state index is 0.786. The van der Waals surface area contributed by atoms with Crippen LogP contribution in [0.2, 0.25) is 0 Å². The summed E-state index contributed by atoms with van der Waals surface area (Å²) in [4.78, 5) is 1.18. The van der Waals surface area contributed by atoms with E-state index in [1.54, 1.807) is 18.0 Å². The van der Waals surface area contributed by atoms with Crippen LogP contribution in [0, 0.1) is 6.92 Å². The fourth-order valence-corrected chi connectivity index (χ4v) is 2.89. The minimum Gasteiger partial charge on any atom is -0.468 e. The molecule has 1 heterocycles. The fourth-order valence-electron chi connectivity index (χ4n) is 1.44. The first kappa shape index (κ1) is 11.6. The molecule has 0 aliphatic carbocycles. The number of hydrogen-bond acceptors (Lipinski definition) is 3. The molecule has 0 aliphatic rings. The number of nitrogens with two attached hydrogens (primary N) is 1. The average Bonchev–Trinajstić information content (AvgIpc) is 2.59. The molecule has 0 spiro atoms. The number of nitrogen functional groups attached to an aromatic ring is 1. The Hall–Kier alpha value is -0.870. The molecule has 0 atom stereocenters. The summed E-state index contributed by atoms with van der Waals surface area (Å²) in [7, 11) is 0. The molecule has 1 aromatic heterocycles. The van der Waals surface area contributed by atoms with Gasteiger partial charge in [-0.3, -0.25) is 0 Å². The largest absolute Gasteiger partial charge is 0.468 e. The van der Waals surface area contributed by atoms with Crippen LogP contribution in [0.3, 0.4) is 0 Å². The van der Waals surface area contributed by atoms with Crippen LogP contribution < -0.4 is 5.73 Å².